The standard InChI is InChI=1S/C13H16N2O3S/c1-3-19(16,17)12-7-5-4-6-11(12)14-9-13-15-8-10(2)18-13/h4-8,14H,3,9H2,1-2H3. The fourth-order valence-corrected chi connectivity index (χ4v) is 2.77. The number of hydrogen-bond donors (Lipinski definition) is 1. The van der Waals surface area contributed by atoms with E-state index in [1.165, 1.54) is 0 Å². The first kappa shape index (κ1) is 13.6. The quantitative estimate of drug-likeness (QED) is 0.910. The Bertz CT molecular complexity index is 662. The molecular formula is C13H16N2O3S. The molecule has 0 unspecified atom stereocenters. The summed E-state index contributed by atoms with van der Waals surface area (Å²) in [6.07, 6.45) is 1.63. The number of oxazole rings is 1. The van der Waals surface area contributed by atoms with Crippen LogP contribution in [0.4, 0.5) is 5.69 Å². The molecule has 102 valence electrons. The second-order valence-corrected chi connectivity index (χ2v) is 6.36. The van der Waals surface area contributed by atoms with Gasteiger partial charge < -0.3 is 9.73 Å². The number of aromatic nitrogens is 1. The second-order valence-electron chi connectivity index (χ2n) is 4.12. The number of hydrogen-bond acceptors (Lipinski definition) is 5. The van der Waals surface area contributed by atoms with Crippen LogP contribution in [0.5, 0.6) is 0 Å². The maximum atomic E-state index is 12.0. The number of sulfone groups is 1. The summed E-state index contributed by atoms with van der Waals surface area (Å²) in [5.41, 5.74) is 0.570. The Hall–Kier alpha value is -1.82. The molecule has 1 heterocycles. The molecule has 1 aromatic heterocycles. The van der Waals surface area contributed by atoms with E-state index in [2.05, 4.69) is 10.3 Å². The van der Waals surface area contributed by atoms with Crippen molar-refractivity contribution >= 4 is 15.5 Å². The maximum Gasteiger partial charge on any atom is 0.213 e. The van der Waals surface area contributed by atoms with Gasteiger partial charge in [-0.2, -0.15) is 0 Å². The van der Waals surface area contributed by atoms with Gasteiger partial charge in [-0.05, 0) is 19.1 Å². The number of rotatable bonds is 5. The van der Waals surface area contributed by atoms with Crippen LogP contribution in [0, 0.1) is 6.92 Å². The van der Waals surface area contributed by atoms with E-state index in [0.717, 1.165) is 5.76 Å². The number of benzene rings is 1. The second kappa shape index (κ2) is 5.44. The molecule has 19 heavy (non-hydrogen) atoms. The molecule has 1 N–H and O–H groups in total. The van der Waals surface area contributed by atoms with Gasteiger partial charge in [0.25, 0.3) is 0 Å². The molecule has 0 saturated carbocycles. The summed E-state index contributed by atoms with van der Waals surface area (Å²) in [4.78, 5) is 4.37. The first-order chi connectivity index (χ1) is 9.03. The van der Waals surface area contributed by atoms with Gasteiger partial charge in [0.15, 0.2) is 9.84 Å². The normalized spacial score (nSPS) is 11.5. The van der Waals surface area contributed by atoms with Crippen molar-refractivity contribution in [3.05, 3.63) is 42.1 Å². The molecule has 0 atom stereocenters. The number of nitrogens with zero attached hydrogens (tertiary/aromatic N) is 1. The third-order valence-electron chi connectivity index (χ3n) is 2.70. The molecule has 2 aromatic rings. The fraction of sp³-hybridized carbons (Fsp3) is 0.308. The van der Waals surface area contributed by atoms with Gasteiger partial charge in [0.1, 0.15) is 5.76 Å². The minimum absolute atomic E-state index is 0.0732. The molecule has 6 heteroatoms. The molecule has 0 spiro atoms. The molecule has 0 radical (unpaired) electrons. The van der Waals surface area contributed by atoms with E-state index in [-0.39, 0.29) is 5.75 Å². The van der Waals surface area contributed by atoms with Crippen LogP contribution < -0.4 is 5.32 Å². The Morgan fingerprint density at radius 2 is 2.05 bits per heavy atom. The molecule has 1 aromatic carbocycles. The lowest BCUT2D eigenvalue weighted by atomic mass is 10.3. The van der Waals surface area contributed by atoms with Crippen LogP contribution in [0.2, 0.25) is 0 Å². The highest BCUT2D eigenvalue weighted by Crippen LogP contribution is 2.22. The summed E-state index contributed by atoms with van der Waals surface area (Å²) in [6.45, 7) is 3.79. The van der Waals surface area contributed by atoms with Crippen LogP contribution >= 0.6 is 0 Å². The van der Waals surface area contributed by atoms with Crippen LogP contribution in [0.1, 0.15) is 18.6 Å². The Kier molecular flexibility index (Phi) is 3.90. The van der Waals surface area contributed by atoms with Gasteiger partial charge in [-0.3, -0.25) is 0 Å². The van der Waals surface area contributed by atoms with Gasteiger partial charge in [-0.15, -0.1) is 0 Å². The first-order valence-corrected chi connectivity index (χ1v) is 7.65. The van der Waals surface area contributed by atoms with E-state index in [4.69, 9.17) is 4.42 Å². The number of anilines is 1. The highest BCUT2D eigenvalue weighted by molar-refractivity contribution is 7.91. The number of para-hydroxylation sites is 1. The molecule has 0 aliphatic heterocycles. The molecule has 0 saturated heterocycles. The van der Waals surface area contributed by atoms with Gasteiger partial charge in [0.05, 0.1) is 29.1 Å². The Balaban J connectivity index is 2.21. The Labute approximate surface area is 112 Å². The molecule has 0 fully saturated rings. The van der Waals surface area contributed by atoms with Gasteiger partial charge >= 0.3 is 0 Å². The minimum Gasteiger partial charge on any atom is -0.444 e. The zero-order chi connectivity index (χ0) is 13.9. The van der Waals surface area contributed by atoms with Crippen LogP contribution in [-0.4, -0.2) is 19.2 Å². The van der Waals surface area contributed by atoms with E-state index in [1.54, 1.807) is 37.4 Å². The van der Waals surface area contributed by atoms with Gasteiger partial charge in [-0.1, -0.05) is 19.1 Å². The topological polar surface area (TPSA) is 72.2 Å². The van der Waals surface area contributed by atoms with Crippen molar-refractivity contribution in [2.75, 3.05) is 11.1 Å². The van der Waals surface area contributed by atoms with Crippen molar-refractivity contribution in [2.45, 2.75) is 25.3 Å². The monoisotopic (exact) mass is 280 g/mol. The summed E-state index contributed by atoms with van der Waals surface area (Å²) in [5.74, 6) is 1.33. The molecular weight excluding hydrogens is 264 g/mol. The molecule has 0 aliphatic rings. The summed E-state index contributed by atoms with van der Waals surface area (Å²) < 4.78 is 29.3. The smallest absolute Gasteiger partial charge is 0.213 e. The van der Waals surface area contributed by atoms with E-state index in [9.17, 15) is 8.42 Å². The maximum absolute atomic E-state index is 12.0. The fourth-order valence-electron chi connectivity index (χ4n) is 1.69. The average Bonchev–Trinajstić information content (AvgIpc) is 2.82. The van der Waals surface area contributed by atoms with Crippen LogP contribution in [0.15, 0.2) is 39.8 Å². The number of nitrogens with one attached hydrogen (secondary N) is 1. The van der Waals surface area contributed by atoms with E-state index in [1.807, 2.05) is 6.92 Å². The average molecular weight is 280 g/mol. The van der Waals surface area contributed by atoms with Crippen molar-refractivity contribution in [1.82, 2.24) is 4.98 Å². The summed E-state index contributed by atoms with van der Waals surface area (Å²) >= 11 is 0. The Morgan fingerprint density at radius 3 is 2.68 bits per heavy atom. The lowest BCUT2D eigenvalue weighted by molar-refractivity contribution is 0.479. The lowest BCUT2D eigenvalue weighted by Gasteiger charge is -2.10. The molecule has 0 amide bonds. The highest BCUT2D eigenvalue weighted by atomic mass is 32.2. The summed E-state index contributed by atoms with van der Waals surface area (Å²) in [7, 11) is -3.24. The zero-order valence-corrected chi connectivity index (χ0v) is 11.7. The molecule has 0 aliphatic carbocycles. The SMILES string of the molecule is CCS(=O)(=O)c1ccccc1NCc1ncc(C)o1. The van der Waals surface area contributed by atoms with Crippen LogP contribution in [0.3, 0.4) is 0 Å². The molecule has 2 rings (SSSR count). The predicted octanol–water partition coefficient (Wildman–Crippen LogP) is 2.39. The van der Waals surface area contributed by atoms with E-state index >= 15 is 0 Å². The van der Waals surface area contributed by atoms with Gasteiger partial charge in [-0.25, -0.2) is 13.4 Å². The first-order valence-electron chi connectivity index (χ1n) is 6.00. The molecule has 5 nitrogen and oxygen atoms in total. The third-order valence-corrected chi connectivity index (χ3v) is 4.49. The summed E-state index contributed by atoms with van der Waals surface area (Å²) in [6, 6.07) is 6.83. The van der Waals surface area contributed by atoms with Crippen molar-refractivity contribution < 1.29 is 12.8 Å². The van der Waals surface area contributed by atoms with Crippen molar-refractivity contribution in [1.29, 1.82) is 0 Å². The third kappa shape index (κ3) is 3.14. The van der Waals surface area contributed by atoms with Crippen LogP contribution in [0.25, 0.3) is 0 Å². The van der Waals surface area contributed by atoms with Gasteiger partial charge in [0.2, 0.25) is 5.89 Å². The largest absolute Gasteiger partial charge is 0.444 e. The van der Waals surface area contributed by atoms with Crippen molar-refractivity contribution in [3.63, 3.8) is 0 Å². The molecule has 0 bridgehead atoms. The minimum atomic E-state index is -3.24. The summed E-state index contributed by atoms with van der Waals surface area (Å²) in [5, 5.41) is 3.05. The van der Waals surface area contributed by atoms with Crippen molar-refractivity contribution in [2.24, 2.45) is 0 Å². The van der Waals surface area contributed by atoms with E-state index < -0.39 is 9.84 Å². The van der Waals surface area contributed by atoms with Crippen LogP contribution in [-0.2, 0) is 16.4 Å². The number of aryl methyl sites for hydroxylation is 1. The Morgan fingerprint density at radius 1 is 1.32 bits per heavy atom. The van der Waals surface area contributed by atoms with E-state index in [0.29, 0.717) is 23.0 Å². The highest BCUT2D eigenvalue weighted by Gasteiger charge is 2.16. The van der Waals surface area contributed by atoms with Gasteiger partial charge in [0, 0.05) is 0 Å². The predicted molar refractivity (Wildman–Crippen MR) is 72.7 cm³/mol. The lowest BCUT2D eigenvalue weighted by Crippen LogP contribution is -2.09. The van der Waals surface area contributed by atoms with Crippen molar-refractivity contribution in [3.8, 4) is 0 Å². The zero-order valence-electron chi connectivity index (χ0n) is 10.9.